The van der Waals surface area contributed by atoms with Gasteiger partial charge in [-0.15, -0.1) is 23.5 Å². The maximum absolute atomic E-state index is 13.6. The van der Waals surface area contributed by atoms with Crippen molar-refractivity contribution in [3.63, 3.8) is 0 Å². The van der Waals surface area contributed by atoms with Crippen LogP contribution in [0.25, 0.3) is 21.1 Å². The van der Waals surface area contributed by atoms with Gasteiger partial charge in [0.2, 0.25) is 11.8 Å². The lowest BCUT2D eigenvalue weighted by Gasteiger charge is -2.30. The number of nitrogens with zero attached hydrogens (tertiary/aromatic N) is 4. The maximum Gasteiger partial charge on any atom is 0.407 e. The quantitative estimate of drug-likeness (QED) is 0.168. The van der Waals surface area contributed by atoms with E-state index in [1.807, 2.05) is 73.4 Å². The minimum absolute atomic E-state index is 0.0935. The Hall–Kier alpha value is -4.70. The van der Waals surface area contributed by atoms with E-state index in [4.69, 9.17) is 19.4 Å². The van der Waals surface area contributed by atoms with Crippen LogP contribution < -0.4 is 10.6 Å². The average molecular weight is 803 g/mol. The number of aromatic amines is 2. The fourth-order valence-corrected chi connectivity index (χ4v) is 10.7. The number of ether oxygens (including phenoxy) is 2. The van der Waals surface area contributed by atoms with Gasteiger partial charge in [0.25, 0.3) is 0 Å². The number of aromatic nitrogens is 4. The molecule has 14 nitrogen and oxygen atoms in total. The van der Waals surface area contributed by atoms with E-state index in [9.17, 15) is 19.2 Å². The predicted molar refractivity (Wildman–Crippen MR) is 217 cm³/mol. The monoisotopic (exact) mass is 802 g/mol. The summed E-state index contributed by atoms with van der Waals surface area (Å²) in [5.74, 6) is 1.06. The Morgan fingerprint density at radius 3 is 1.64 bits per heavy atom. The zero-order valence-corrected chi connectivity index (χ0v) is 34.2. The van der Waals surface area contributed by atoms with Crippen molar-refractivity contribution in [2.75, 3.05) is 27.3 Å². The van der Waals surface area contributed by atoms with Gasteiger partial charge in [-0.2, -0.15) is 0 Å². The van der Waals surface area contributed by atoms with Crippen molar-refractivity contribution in [2.45, 2.75) is 88.0 Å². The molecule has 56 heavy (non-hydrogen) atoms. The molecule has 0 spiro atoms. The summed E-state index contributed by atoms with van der Waals surface area (Å²) in [7, 11) is 2.59. The Morgan fingerprint density at radius 1 is 0.696 bits per heavy atom. The van der Waals surface area contributed by atoms with Gasteiger partial charge in [0.05, 0.1) is 50.1 Å². The molecule has 2 aromatic heterocycles. The second-order valence-electron chi connectivity index (χ2n) is 15.3. The summed E-state index contributed by atoms with van der Waals surface area (Å²) in [5, 5.41) is 6.00. The van der Waals surface area contributed by atoms with E-state index in [-0.39, 0.29) is 35.7 Å². The van der Waals surface area contributed by atoms with Crippen LogP contribution >= 0.6 is 23.5 Å². The van der Waals surface area contributed by atoms with Crippen LogP contribution in [0, 0.1) is 11.8 Å². The van der Waals surface area contributed by atoms with Crippen molar-refractivity contribution < 1.29 is 28.7 Å². The standard InChI is InChI=1S/C40H50N8O6S2/c1-21(2)33(45-39(51)53-5)37(49)47-15-7-9-27(47)35-41-19-25(43-35)23-11-13-24(14-12-23)29-17-31-32(55-29)18-30(56-31)26-20-42-36(44-26)28-10-8-16-48(28)38(50)34(22(3)4)46-40(52)54-6/h11-14,17-22,27-28,31-34H,7-10,15-16H2,1-6H3,(H,41,43)(H,42,44)(H,45,51)(H,46,52). The van der Waals surface area contributed by atoms with Crippen molar-refractivity contribution in [3.05, 3.63) is 71.7 Å². The number of rotatable bonds is 11. The third-order valence-corrected chi connectivity index (χ3v) is 13.7. The van der Waals surface area contributed by atoms with E-state index in [0.717, 1.165) is 64.8 Å². The number of alkyl carbamates (subject to hydrolysis) is 2. The molecule has 0 bridgehead atoms. The molecule has 4 aliphatic rings. The van der Waals surface area contributed by atoms with Gasteiger partial charge in [-0.3, -0.25) is 9.59 Å². The first kappa shape index (κ1) is 39.5. The Labute approximate surface area is 335 Å². The van der Waals surface area contributed by atoms with E-state index in [1.54, 1.807) is 0 Å². The topological polar surface area (TPSA) is 175 Å². The van der Waals surface area contributed by atoms with Crippen LogP contribution in [0.1, 0.15) is 88.4 Å². The molecule has 0 saturated carbocycles. The van der Waals surface area contributed by atoms with Crippen molar-refractivity contribution in [1.82, 2.24) is 40.4 Å². The lowest BCUT2D eigenvalue weighted by molar-refractivity contribution is -0.136. The molecule has 6 atom stereocenters. The van der Waals surface area contributed by atoms with Crippen molar-refractivity contribution in [1.29, 1.82) is 0 Å². The first-order valence-corrected chi connectivity index (χ1v) is 21.0. The minimum atomic E-state index is -0.680. The molecule has 4 amide bonds. The number of methoxy groups -OCH3 is 2. The molecule has 16 heteroatoms. The summed E-state index contributed by atoms with van der Waals surface area (Å²) in [6, 6.07) is 6.75. The highest BCUT2D eigenvalue weighted by Gasteiger charge is 2.40. The van der Waals surface area contributed by atoms with Crippen molar-refractivity contribution in [3.8, 4) is 11.3 Å². The summed E-state index contributed by atoms with van der Waals surface area (Å²) in [5.41, 5.74) is 4.00. The number of likely N-dealkylation sites (tertiary alicyclic amines) is 2. The van der Waals surface area contributed by atoms with Crippen LogP contribution in [0.15, 0.2) is 48.8 Å². The van der Waals surface area contributed by atoms with Crippen molar-refractivity contribution >= 4 is 57.3 Å². The third kappa shape index (κ3) is 8.08. The molecule has 298 valence electrons. The van der Waals surface area contributed by atoms with Gasteiger partial charge in [-0.1, -0.05) is 64.1 Å². The number of imidazole rings is 2. The van der Waals surface area contributed by atoms with Gasteiger partial charge >= 0.3 is 12.2 Å². The summed E-state index contributed by atoms with van der Waals surface area (Å²) < 4.78 is 9.53. The molecule has 7 rings (SSSR count). The van der Waals surface area contributed by atoms with E-state index in [0.29, 0.717) is 23.6 Å². The molecule has 4 N–H and O–H groups in total. The van der Waals surface area contributed by atoms with Gasteiger partial charge in [0.15, 0.2) is 0 Å². The van der Waals surface area contributed by atoms with Gasteiger partial charge in [-0.05, 0) is 48.6 Å². The van der Waals surface area contributed by atoms with Crippen LogP contribution in [0.2, 0.25) is 0 Å². The number of benzene rings is 1. The molecule has 0 radical (unpaired) electrons. The predicted octanol–water partition coefficient (Wildman–Crippen LogP) is 6.50. The number of thioether (sulfide) groups is 2. The molecule has 2 fully saturated rings. The molecule has 0 aliphatic carbocycles. The van der Waals surface area contributed by atoms with Gasteiger partial charge in [0.1, 0.15) is 23.7 Å². The first-order valence-electron chi connectivity index (χ1n) is 19.2. The molecule has 2 saturated heterocycles. The lowest BCUT2D eigenvalue weighted by Crippen LogP contribution is -2.51. The Balaban J connectivity index is 0.967. The largest absolute Gasteiger partial charge is 0.453 e. The number of hydrogen-bond donors (Lipinski definition) is 4. The van der Waals surface area contributed by atoms with E-state index >= 15 is 0 Å². The van der Waals surface area contributed by atoms with Gasteiger partial charge in [0, 0.05) is 33.4 Å². The highest BCUT2D eigenvalue weighted by Crippen LogP contribution is 2.53. The number of carbonyl (C=O) groups is 4. The van der Waals surface area contributed by atoms with Crippen LogP contribution in [0.4, 0.5) is 9.59 Å². The van der Waals surface area contributed by atoms with E-state index in [2.05, 4.69) is 57.0 Å². The normalized spacial score (nSPS) is 22.9. The first-order chi connectivity index (χ1) is 26.9. The number of fused-ring (bicyclic) bond motifs is 1. The Kier molecular flexibility index (Phi) is 11.9. The molecular formula is C40H50N8O6S2. The zero-order chi connectivity index (χ0) is 39.7. The molecular weight excluding hydrogens is 753 g/mol. The second kappa shape index (κ2) is 16.8. The van der Waals surface area contributed by atoms with Crippen LogP contribution in [0.5, 0.6) is 0 Å². The highest BCUT2D eigenvalue weighted by atomic mass is 32.2. The van der Waals surface area contributed by atoms with Crippen LogP contribution in [-0.2, 0) is 19.1 Å². The Morgan fingerprint density at radius 2 is 1.14 bits per heavy atom. The number of H-pyrrole nitrogens is 2. The zero-order valence-electron chi connectivity index (χ0n) is 32.5. The summed E-state index contributed by atoms with van der Waals surface area (Å²) in [6.45, 7) is 8.85. The lowest BCUT2D eigenvalue weighted by atomic mass is 10.0. The number of carbonyl (C=O) groups excluding carboxylic acids is 4. The molecule has 4 aliphatic heterocycles. The minimum Gasteiger partial charge on any atom is -0.453 e. The SMILES string of the molecule is COC(=O)NC(C(=O)N1CCCC1c1ncc(C2=CC3SC(c4ccc(-c5cnc(C6CCCN6C(=O)C(NC(=O)OC)C(C)C)[nH]5)cc4)=CC3S2)[nH]1)C(C)C. The number of nitrogens with one attached hydrogen (secondary N) is 4. The number of amides is 4. The highest BCUT2D eigenvalue weighted by molar-refractivity contribution is 8.14. The molecule has 6 heterocycles. The summed E-state index contributed by atoms with van der Waals surface area (Å²) in [6.07, 6.45) is 10.4. The summed E-state index contributed by atoms with van der Waals surface area (Å²) in [4.78, 5) is 73.5. The average Bonchev–Trinajstić information content (AvgIpc) is 4.04. The van der Waals surface area contributed by atoms with Crippen LogP contribution in [-0.4, -0.2) is 104 Å². The fourth-order valence-electron chi connectivity index (χ4n) is 7.86. The molecule has 6 unspecified atom stereocenters. The third-order valence-electron chi connectivity index (χ3n) is 10.9. The van der Waals surface area contributed by atoms with Crippen molar-refractivity contribution in [2.24, 2.45) is 11.8 Å². The number of hydrogen-bond acceptors (Lipinski definition) is 10. The molecule has 3 aromatic rings. The van der Waals surface area contributed by atoms with Gasteiger partial charge < -0.3 is 39.9 Å². The van der Waals surface area contributed by atoms with E-state index < -0.39 is 24.3 Å². The summed E-state index contributed by atoms with van der Waals surface area (Å²) >= 11 is 3.68. The Bertz CT molecular complexity index is 2010. The van der Waals surface area contributed by atoms with E-state index in [1.165, 1.54) is 19.1 Å². The maximum atomic E-state index is 13.6. The van der Waals surface area contributed by atoms with Crippen LogP contribution in [0.3, 0.4) is 0 Å². The van der Waals surface area contributed by atoms with Gasteiger partial charge in [-0.25, -0.2) is 19.6 Å². The smallest absolute Gasteiger partial charge is 0.407 e. The fraction of sp³-hybridized carbons (Fsp3) is 0.500. The molecule has 1 aromatic carbocycles. The second-order valence-corrected chi connectivity index (χ2v) is 17.7.